The second-order valence-electron chi connectivity index (χ2n) is 8.21. The SMILES string of the molecule is CCCCC1([C@H](O)/C=C/[C@H]2[C@H](O)CC(=O)[C@@H]2C/C=C\CCCC(=O)O)SCCCS1. The van der Waals surface area contributed by atoms with Crippen molar-refractivity contribution in [3.63, 3.8) is 0 Å². The van der Waals surface area contributed by atoms with E-state index in [2.05, 4.69) is 6.92 Å². The molecule has 2 aliphatic rings. The molecule has 0 spiro atoms. The topological polar surface area (TPSA) is 94.8 Å². The Balaban J connectivity index is 1.98. The molecular weight excluding hydrogens is 420 g/mol. The quantitative estimate of drug-likeness (QED) is 0.295. The van der Waals surface area contributed by atoms with Gasteiger partial charge in [0.15, 0.2) is 0 Å². The van der Waals surface area contributed by atoms with Crippen LogP contribution in [0.2, 0.25) is 0 Å². The summed E-state index contributed by atoms with van der Waals surface area (Å²) in [5.41, 5.74) is 0. The maximum Gasteiger partial charge on any atom is 0.303 e. The summed E-state index contributed by atoms with van der Waals surface area (Å²) >= 11 is 3.69. The predicted octanol–water partition coefficient (Wildman–Crippen LogP) is 4.43. The minimum Gasteiger partial charge on any atom is -0.481 e. The number of carbonyl (C=O) groups excluding carboxylic acids is 1. The molecule has 7 heteroatoms. The number of aliphatic hydroxyl groups is 2. The largest absolute Gasteiger partial charge is 0.481 e. The van der Waals surface area contributed by atoms with Crippen molar-refractivity contribution in [2.75, 3.05) is 11.5 Å². The molecule has 1 aliphatic carbocycles. The van der Waals surface area contributed by atoms with Gasteiger partial charge in [-0.2, -0.15) is 0 Å². The van der Waals surface area contributed by atoms with Crippen LogP contribution in [-0.2, 0) is 9.59 Å². The van der Waals surface area contributed by atoms with Crippen molar-refractivity contribution in [1.29, 1.82) is 0 Å². The number of hydrogen-bond acceptors (Lipinski definition) is 6. The zero-order valence-corrected chi connectivity index (χ0v) is 19.5. The van der Waals surface area contributed by atoms with Crippen LogP contribution < -0.4 is 0 Å². The van der Waals surface area contributed by atoms with Crippen molar-refractivity contribution in [3.8, 4) is 0 Å². The Morgan fingerprint density at radius 2 is 2.00 bits per heavy atom. The lowest BCUT2D eigenvalue weighted by molar-refractivity contribution is -0.137. The zero-order chi connectivity index (χ0) is 22.0. The maximum atomic E-state index is 12.4. The number of carboxylic acids is 1. The Morgan fingerprint density at radius 3 is 2.67 bits per heavy atom. The number of carbonyl (C=O) groups is 2. The van der Waals surface area contributed by atoms with Crippen LogP contribution in [-0.4, -0.2) is 54.9 Å². The summed E-state index contributed by atoms with van der Waals surface area (Å²) in [7, 11) is 0. The summed E-state index contributed by atoms with van der Waals surface area (Å²) in [6, 6.07) is 0. The van der Waals surface area contributed by atoms with Crippen LogP contribution in [0.15, 0.2) is 24.3 Å². The van der Waals surface area contributed by atoms with Crippen molar-refractivity contribution < 1.29 is 24.9 Å². The molecule has 30 heavy (non-hydrogen) atoms. The minimum atomic E-state index is -0.799. The van der Waals surface area contributed by atoms with Crippen LogP contribution in [0.3, 0.4) is 0 Å². The fourth-order valence-corrected chi connectivity index (χ4v) is 7.48. The average Bonchev–Trinajstić information content (AvgIpc) is 3.00. The average molecular weight is 457 g/mol. The molecule has 3 N–H and O–H groups in total. The number of carboxylic acid groups (broad SMARTS) is 1. The van der Waals surface area contributed by atoms with Gasteiger partial charge in [-0.15, -0.1) is 23.5 Å². The Morgan fingerprint density at radius 1 is 1.27 bits per heavy atom. The van der Waals surface area contributed by atoms with Gasteiger partial charge in [0.1, 0.15) is 5.78 Å². The molecule has 0 aromatic carbocycles. The van der Waals surface area contributed by atoms with Crippen LogP contribution in [0, 0.1) is 11.8 Å². The third-order valence-electron chi connectivity index (χ3n) is 5.88. The van der Waals surface area contributed by atoms with Crippen LogP contribution >= 0.6 is 23.5 Å². The number of thioether (sulfide) groups is 2. The van der Waals surface area contributed by atoms with Gasteiger partial charge in [-0.05, 0) is 43.6 Å². The van der Waals surface area contributed by atoms with E-state index in [1.807, 2.05) is 47.8 Å². The fourth-order valence-electron chi connectivity index (χ4n) is 4.12. The van der Waals surface area contributed by atoms with E-state index in [1.165, 1.54) is 0 Å². The monoisotopic (exact) mass is 456 g/mol. The molecule has 1 saturated carbocycles. The van der Waals surface area contributed by atoms with Gasteiger partial charge in [0.2, 0.25) is 0 Å². The summed E-state index contributed by atoms with van der Waals surface area (Å²) in [5, 5.41) is 30.1. The lowest BCUT2D eigenvalue weighted by Crippen LogP contribution is -2.37. The molecule has 1 aliphatic heterocycles. The van der Waals surface area contributed by atoms with Gasteiger partial charge in [0.05, 0.1) is 16.3 Å². The van der Waals surface area contributed by atoms with E-state index < -0.39 is 18.2 Å². The third-order valence-corrected chi connectivity index (χ3v) is 9.44. The third kappa shape index (κ3) is 7.43. The van der Waals surface area contributed by atoms with Crippen molar-refractivity contribution in [1.82, 2.24) is 0 Å². The van der Waals surface area contributed by atoms with Crippen LogP contribution in [0.25, 0.3) is 0 Å². The van der Waals surface area contributed by atoms with Gasteiger partial charge >= 0.3 is 5.97 Å². The Bertz CT molecular complexity index is 613. The summed E-state index contributed by atoms with van der Waals surface area (Å²) in [4.78, 5) is 22.9. The van der Waals surface area contributed by atoms with E-state index >= 15 is 0 Å². The molecule has 170 valence electrons. The predicted molar refractivity (Wildman–Crippen MR) is 125 cm³/mol. The van der Waals surface area contributed by atoms with E-state index in [0.717, 1.165) is 37.2 Å². The van der Waals surface area contributed by atoms with Gasteiger partial charge in [-0.1, -0.05) is 44.1 Å². The van der Waals surface area contributed by atoms with Crippen LogP contribution in [0.4, 0.5) is 0 Å². The lowest BCUT2D eigenvalue weighted by Gasteiger charge is -2.39. The highest BCUT2D eigenvalue weighted by Gasteiger charge is 2.41. The number of aliphatic carboxylic acids is 1. The van der Waals surface area contributed by atoms with Crippen LogP contribution in [0.1, 0.15) is 64.7 Å². The molecule has 0 radical (unpaired) electrons. The molecule has 0 aromatic heterocycles. The van der Waals surface area contributed by atoms with E-state index in [9.17, 15) is 19.8 Å². The van der Waals surface area contributed by atoms with E-state index in [1.54, 1.807) is 0 Å². The van der Waals surface area contributed by atoms with Crippen molar-refractivity contribution in [2.24, 2.45) is 11.8 Å². The molecule has 0 aromatic rings. The highest BCUT2D eigenvalue weighted by atomic mass is 32.2. The lowest BCUT2D eigenvalue weighted by atomic mass is 9.90. The first-order chi connectivity index (χ1) is 14.4. The molecule has 2 rings (SSSR count). The van der Waals surface area contributed by atoms with E-state index in [-0.39, 0.29) is 34.5 Å². The summed E-state index contributed by atoms with van der Waals surface area (Å²) in [6.07, 6.45) is 12.6. The molecule has 0 unspecified atom stereocenters. The molecule has 0 bridgehead atoms. The second-order valence-corrected chi connectivity index (χ2v) is 11.3. The first kappa shape index (κ1) is 25.5. The number of unbranched alkanes of at least 4 members (excludes halogenated alkanes) is 2. The van der Waals surface area contributed by atoms with Gasteiger partial charge in [-0.3, -0.25) is 9.59 Å². The number of rotatable bonds is 12. The van der Waals surface area contributed by atoms with Crippen molar-refractivity contribution in [2.45, 2.75) is 81.0 Å². The molecule has 0 amide bonds. The smallest absolute Gasteiger partial charge is 0.303 e. The number of aliphatic hydroxyl groups excluding tert-OH is 2. The van der Waals surface area contributed by atoms with E-state index in [4.69, 9.17) is 5.11 Å². The maximum absolute atomic E-state index is 12.4. The van der Waals surface area contributed by atoms with Gasteiger partial charge in [-0.25, -0.2) is 0 Å². The van der Waals surface area contributed by atoms with Gasteiger partial charge in [0, 0.05) is 24.7 Å². The highest BCUT2D eigenvalue weighted by molar-refractivity contribution is 8.18. The number of Topliss-reactive ketones (excluding diaryl/α,β-unsaturated/α-hetero) is 1. The van der Waals surface area contributed by atoms with Crippen molar-refractivity contribution >= 4 is 35.3 Å². The Kier molecular flexibility index (Phi) is 11.0. The highest BCUT2D eigenvalue weighted by Crippen LogP contribution is 2.49. The Labute approximate surface area is 188 Å². The van der Waals surface area contributed by atoms with Gasteiger partial charge < -0.3 is 15.3 Å². The molecule has 5 nitrogen and oxygen atoms in total. The first-order valence-corrected chi connectivity index (χ1v) is 13.1. The number of hydrogen-bond donors (Lipinski definition) is 3. The molecular formula is C23H36O5S2. The summed E-state index contributed by atoms with van der Waals surface area (Å²) in [5.74, 6) is 0.814. The first-order valence-electron chi connectivity index (χ1n) is 11.1. The standard InChI is InChI=1S/C23H36O5S2/c1-2-3-13-23(29-14-8-15-30-23)21(26)12-11-18-17(19(24)16-20(18)25)9-6-4-5-7-10-22(27)28/h4,6,11-12,17-18,20-21,25-26H,2-3,5,7-10,13-16H2,1H3,(H,27,28)/b6-4-,12-11+/t17-,18-,20-,21-/m1/s1. The number of ketones is 1. The van der Waals surface area contributed by atoms with Crippen molar-refractivity contribution in [3.05, 3.63) is 24.3 Å². The zero-order valence-electron chi connectivity index (χ0n) is 17.9. The normalized spacial score (nSPS) is 27.8. The van der Waals surface area contributed by atoms with Crippen LogP contribution in [0.5, 0.6) is 0 Å². The molecule has 4 atom stereocenters. The summed E-state index contributed by atoms with van der Waals surface area (Å²) in [6.45, 7) is 2.16. The van der Waals surface area contributed by atoms with E-state index in [0.29, 0.717) is 19.3 Å². The minimum absolute atomic E-state index is 0.0592. The summed E-state index contributed by atoms with van der Waals surface area (Å²) < 4.78 is -0.224. The molecule has 1 heterocycles. The molecule has 2 fully saturated rings. The van der Waals surface area contributed by atoms with Gasteiger partial charge in [0.25, 0.3) is 0 Å². The Hall–Kier alpha value is -0.760. The second kappa shape index (κ2) is 12.9. The fraction of sp³-hybridized carbons (Fsp3) is 0.739. The molecule has 1 saturated heterocycles. The number of allylic oxidation sites excluding steroid dienone is 2.